The standard InChI is InChI=1S/C13H21F3N2O2/c14-13(15,16)9-18-5-1-4-11(18)12(19)17-7-10-3-2-6-20-8-10/h10-11H,1-9H2,(H,17,19)/t10-,11+/m0/s1. The number of rotatable bonds is 4. The number of nitrogens with zero attached hydrogens (tertiary/aromatic N) is 1. The van der Waals surface area contributed by atoms with Crippen LogP contribution in [0, 0.1) is 5.92 Å². The second kappa shape index (κ2) is 6.76. The maximum absolute atomic E-state index is 12.4. The fourth-order valence-corrected chi connectivity index (χ4v) is 2.87. The molecule has 1 N–H and O–H groups in total. The summed E-state index contributed by atoms with van der Waals surface area (Å²) in [5, 5.41) is 2.78. The van der Waals surface area contributed by atoms with Crippen molar-refractivity contribution in [3.8, 4) is 0 Å². The minimum absolute atomic E-state index is 0.280. The van der Waals surface area contributed by atoms with Crippen LogP contribution < -0.4 is 5.32 Å². The van der Waals surface area contributed by atoms with Crippen molar-refractivity contribution in [2.24, 2.45) is 5.92 Å². The van der Waals surface area contributed by atoms with Crippen molar-refractivity contribution in [1.82, 2.24) is 10.2 Å². The molecule has 116 valence electrons. The van der Waals surface area contributed by atoms with Crippen LogP contribution in [0.3, 0.4) is 0 Å². The third kappa shape index (κ3) is 4.63. The summed E-state index contributed by atoms with van der Waals surface area (Å²) in [5.74, 6) is 0.00231. The highest BCUT2D eigenvalue weighted by Gasteiger charge is 2.38. The molecule has 2 aliphatic rings. The van der Waals surface area contributed by atoms with E-state index in [-0.39, 0.29) is 11.8 Å². The number of hydrogen-bond acceptors (Lipinski definition) is 3. The van der Waals surface area contributed by atoms with E-state index < -0.39 is 18.8 Å². The lowest BCUT2D eigenvalue weighted by atomic mass is 10.0. The second-order valence-electron chi connectivity index (χ2n) is 5.57. The maximum atomic E-state index is 12.4. The van der Waals surface area contributed by atoms with Gasteiger partial charge in [0, 0.05) is 13.2 Å². The molecule has 0 aromatic carbocycles. The molecule has 2 heterocycles. The molecule has 2 atom stereocenters. The SMILES string of the molecule is O=C(NC[C@@H]1CCCOC1)[C@H]1CCCN1CC(F)(F)F. The van der Waals surface area contributed by atoms with Crippen molar-refractivity contribution >= 4 is 5.91 Å². The molecule has 1 amide bonds. The number of ether oxygens (including phenoxy) is 1. The van der Waals surface area contributed by atoms with E-state index in [1.165, 1.54) is 4.90 Å². The first-order chi connectivity index (χ1) is 9.46. The molecule has 2 rings (SSSR count). The minimum atomic E-state index is -4.25. The van der Waals surface area contributed by atoms with Crippen LogP contribution >= 0.6 is 0 Å². The molecule has 0 saturated carbocycles. The number of alkyl halides is 3. The molecule has 0 aromatic rings. The molecule has 0 unspecified atom stereocenters. The molecule has 0 spiro atoms. The van der Waals surface area contributed by atoms with Gasteiger partial charge in [-0.15, -0.1) is 0 Å². The average molecular weight is 294 g/mol. The molecule has 0 radical (unpaired) electrons. The van der Waals surface area contributed by atoms with Gasteiger partial charge < -0.3 is 10.1 Å². The van der Waals surface area contributed by atoms with E-state index in [0.717, 1.165) is 19.4 Å². The summed E-state index contributed by atoms with van der Waals surface area (Å²) in [6.45, 7) is 1.21. The minimum Gasteiger partial charge on any atom is -0.381 e. The van der Waals surface area contributed by atoms with Crippen LogP contribution in [0.1, 0.15) is 25.7 Å². The lowest BCUT2D eigenvalue weighted by Gasteiger charge is -2.26. The van der Waals surface area contributed by atoms with Crippen molar-refractivity contribution in [3.63, 3.8) is 0 Å². The summed E-state index contributed by atoms with van der Waals surface area (Å²) < 4.78 is 42.6. The van der Waals surface area contributed by atoms with Crippen LogP contribution in [-0.4, -0.2) is 55.9 Å². The molecule has 7 heteroatoms. The van der Waals surface area contributed by atoms with Gasteiger partial charge in [0.1, 0.15) is 0 Å². The number of halogens is 3. The Kier molecular flexibility index (Phi) is 5.26. The van der Waals surface area contributed by atoms with E-state index in [0.29, 0.717) is 32.5 Å². The zero-order valence-electron chi connectivity index (χ0n) is 11.4. The van der Waals surface area contributed by atoms with Gasteiger partial charge in [-0.1, -0.05) is 0 Å². The quantitative estimate of drug-likeness (QED) is 0.855. The zero-order chi connectivity index (χ0) is 14.6. The molecule has 4 nitrogen and oxygen atoms in total. The van der Waals surface area contributed by atoms with E-state index in [1.54, 1.807) is 0 Å². The summed E-state index contributed by atoms with van der Waals surface area (Å²) in [5.41, 5.74) is 0. The summed E-state index contributed by atoms with van der Waals surface area (Å²) in [4.78, 5) is 13.3. The largest absolute Gasteiger partial charge is 0.401 e. The highest BCUT2D eigenvalue weighted by atomic mass is 19.4. The third-order valence-corrected chi connectivity index (χ3v) is 3.87. The molecule has 2 saturated heterocycles. The van der Waals surface area contributed by atoms with Crippen molar-refractivity contribution in [3.05, 3.63) is 0 Å². The first-order valence-corrected chi connectivity index (χ1v) is 7.12. The van der Waals surface area contributed by atoms with Gasteiger partial charge in [-0.25, -0.2) is 0 Å². The van der Waals surface area contributed by atoms with Crippen molar-refractivity contribution in [2.75, 3.05) is 32.8 Å². The Morgan fingerprint density at radius 3 is 2.75 bits per heavy atom. The number of amides is 1. The number of hydrogen-bond donors (Lipinski definition) is 1. The highest BCUT2D eigenvalue weighted by Crippen LogP contribution is 2.24. The number of nitrogens with one attached hydrogen (secondary N) is 1. The molecule has 2 aliphatic heterocycles. The number of carbonyl (C=O) groups excluding carboxylic acids is 1. The van der Waals surface area contributed by atoms with E-state index >= 15 is 0 Å². The Morgan fingerprint density at radius 2 is 2.10 bits per heavy atom. The van der Waals surface area contributed by atoms with E-state index in [9.17, 15) is 18.0 Å². The lowest BCUT2D eigenvalue weighted by molar-refractivity contribution is -0.151. The van der Waals surface area contributed by atoms with Gasteiger partial charge in [-0.3, -0.25) is 9.69 Å². The number of likely N-dealkylation sites (tertiary alicyclic amines) is 1. The monoisotopic (exact) mass is 294 g/mol. The van der Waals surface area contributed by atoms with Gasteiger partial charge in [0.25, 0.3) is 0 Å². The number of carbonyl (C=O) groups is 1. The normalized spacial score (nSPS) is 28.6. The van der Waals surface area contributed by atoms with Gasteiger partial charge in [0.05, 0.1) is 19.2 Å². The van der Waals surface area contributed by atoms with Crippen LogP contribution in [0.15, 0.2) is 0 Å². The lowest BCUT2D eigenvalue weighted by Crippen LogP contribution is -2.47. The van der Waals surface area contributed by atoms with Gasteiger partial charge in [0.15, 0.2) is 0 Å². The van der Waals surface area contributed by atoms with Crippen LogP contribution in [0.25, 0.3) is 0 Å². The van der Waals surface area contributed by atoms with Crippen molar-refractivity contribution < 1.29 is 22.7 Å². The summed E-state index contributed by atoms with van der Waals surface area (Å²) in [6.07, 6.45) is -1.13. The third-order valence-electron chi connectivity index (χ3n) is 3.87. The molecular formula is C13H21F3N2O2. The topological polar surface area (TPSA) is 41.6 Å². The summed E-state index contributed by atoms with van der Waals surface area (Å²) in [7, 11) is 0. The zero-order valence-corrected chi connectivity index (χ0v) is 11.4. The van der Waals surface area contributed by atoms with Crippen molar-refractivity contribution in [2.45, 2.75) is 37.9 Å². The van der Waals surface area contributed by atoms with Gasteiger partial charge in [0.2, 0.25) is 5.91 Å². The molecule has 20 heavy (non-hydrogen) atoms. The second-order valence-corrected chi connectivity index (χ2v) is 5.57. The fraction of sp³-hybridized carbons (Fsp3) is 0.923. The van der Waals surface area contributed by atoms with Gasteiger partial charge in [-0.2, -0.15) is 13.2 Å². The Balaban J connectivity index is 1.78. The van der Waals surface area contributed by atoms with Crippen LogP contribution in [0.4, 0.5) is 13.2 Å². The van der Waals surface area contributed by atoms with Crippen LogP contribution in [0.2, 0.25) is 0 Å². The smallest absolute Gasteiger partial charge is 0.381 e. The Labute approximate surface area is 116 Å². The Bertz CT molecular complexity index is 330. The van der Waals surface area contributed by atoms with Gasteiger partial charge >= 0.3 is 6.18 Å². The molecule has 0 aliphatic carbocycles. The predicted molar refractivity (Wildman–Crippen MR) is 67.2 cm³/mol. The Morgan fingerprint density at radius 1 is 1.30 bits per heavy atom. The summed E-state index contributed by atoms with van der Waals surface area (Å²) >= 11 is 0. The van der Waals surface area contributed by atoms with Crippen LogP contribution in [-0.2, 0) is 9.53 Å². The maximum Gasteiger partial charge on any atom is 0.401 e. The Hall–Kier alpha value is -0.820. The molecular weight excluding hydrogens is 273 g/mol. The first-order valence-electron chi connectivity index (χ1n) is 7.12. The van der Waals surface area contributed by atoms with Gasteiger partial charge in [-0.05, 0) is 38.1 Å². The van der Waals surface area contributed by atoms with E-state index in [2.05, 4.69) is 5.32 Å². The summed E-state index contributed by atoms with van der Waals surface area (Å²) in [6, 6.07) is -0.638. The van der Waals surface area contributed by atoms with E-state index in [1.807, 2.05) is 0 Å². The molecule has 0 aromatic heterocycles. The van der Waals surface area contributed by atoms with E-state index in [4.69, 9.17) is 4.74 Å². The predicted octanol–water partition coefficient (Wildman–Crippen LogP) is 1.56. The average Bonchev–Trinajstić information content (AvgIpc) is 2.83. The van der Waals surface area contributed by atoms with Crippen LogP contribution in [0.5, 0.6) is 0 Å². The first kappa shape index (κ1) is 15.6. The highest BCUT2D eigenvalue weighted by molar-refractivity contribution is 5.82. The van der Waals surface area contributed by atoms with Crippen molar-refractivity contribution in [1.29, 1.82) is 0 Å². The fourth-order valence-electron chi connectivity index (χ4n) is 2.87. The molecule has 2 fully saturated rings. The molecule has 0 bridgehead atoms.